The van der Waals surface area contributed by atoms with Gasteiger partial charge in [0, 0.05) is 11.8 Å². The first kappa shape index (κ1) is 16.1. The van der Waals surface area contributed by atoms with Gasteiger partial charge in [0.25, 0.3) is 0 Å². The van der Waals surface area contributed by atoms with Crippen LogP contribution in [0.2, 0.25) is 0 Å². The smallest absolute Gasteiger partial charge is 0.137 e. The predicted molar refractivity (Wildman–Crippen MR) is 89.1 cm³/mol. The fourth-order valence-electron chi connectivity index (χ4n) is 3.66. The summed E-state index contributed by atoms with van der Waals surface area (Å²) in [4.78, 5) is 1.69. The molecule has 1 aromatic carbocycles. The van der Waals surface area contributed by atoms with Crippen molar-refractivity contribution in [3.8, 4) is 5.75 Å². The minimum Gasteiger partial charge on any atom is -0.487 e. The Morgan fingerprint density at radius 1 is 1.29 bits per heavy atom. The number of ether oxygens (including phenoxy) is 1. The van der Waals surface area contributed by atoms with E-state index in [-0.39, 0.29) is 0 Å². The molecule has 0 unspecified atom stereocenters. The van der Waals surface area contributed by atoms with Gasteiger partial charge in [-0.25, -0.2) is 0 Å². The maximum Gasteiger partial charge on any atom is 0.137 e. The number of hydrogen-bond donors (Lipinski definition) is 1. The number of likely N-dealkylation sites (tertiary alicyclic amines) is 1. The van der Waals surface area contributed by atoms with Crippen LogP contribution in [0, 0.1) is 18.8 Å². The third-order valence-corrected chi connectivity index (χ3v) is 4.44. The molecule has 0 amide bonds. The molecule has 2 heteroatoms. The van der Waals surface area contributed by atoms with Crippen LogP contribution in [-0.2, 0) is 6.42 Å². The highest BCUT2D eigenvalue weighted by atomic mass is 16.5. The summed E-state index contributed by atoms with van der Waals surface area (Å²) in [6.07, 6.45) is 4.20. The molecule has 2 nitrogen and oxygen atoms in total. The van der Waals surface area contributed by atoms with Crippen LogP contribution >= 0.6 is 0 Å². The Bertz CT molecular complexity index is 459. The van der Waals surface area contributed by atoms with Gasteiger partial charge in [-0.3, -0.25) is 0 Å². The van der Waals surface area contributed by atoms with Crippen molar-refractivity contribution in [2.45, 2.75) is 33.6 Å². The summed E-state index contributed by atoms with van der Waals surface area (Å²) in [5.74, 6) is 2.76. The summed E-state index contributed by atoms with van der Waals surface area (Å²) in [6, 6.07) is 6.36. The van der Waals surface area contributed by atoms with E-state index in [9.17, 15) is 0 Å². The molecule has 1 aliphatic heterocycles. The maximum atomic E-state index is 6.13. The van der Waals surface area contributed by atoms with Gasteiger partial charge in [-0.1, -0.05) is 38.1 Å². The molecule has 0 aliphatic carbocycles. The molecule has 1 saturated heterocycles. The van der Waals surface area contributed by atoms with Gasteiger partial charge in [0.2, 0.25) is 0 Å². The quantitative estimate of drug-likeness (QED) is 0.795. The second-order valence-electron chi connectivity index (χ2n) is 6.76. The van der Waals surface area contributed by atoms with Crippen LogP contribution in [0.1, 0.15) is 31.4 Å². The minimum atomic E-state index is 0.809. The molecule has 1 aliphatic rings. The van der Waals surface area contributed by atoms with Crippen molar-refractivity contribution in [3.63, 3.8) is 0 Å². The van der Waals surface area contributed by atoms with E-state index in [4.69, 9.17) is 4.74 Å². The van der Waals surface area contributed by atoms with E-state index in [1.54, 1.807) is 4.90 Å². The van der Waals surface area contributed by atoms with Gasteiger partial charge in [-0.15, -0.1) is 6.58 Å². The van der Waals surface area contributed by atoms with Crippen molar-refractivity contribution in [1.29, 1.82) is 0 Å². The Morgan fingerprint density at radius 3 is 2.67 bits per heavy atom. The highest BCUT2D eigenvalue weighted by Crippen LogP contribution is 2.24. The zero-order valence-electron chi connectivity index (χ0n) is 13.8. The molecular weight excluding hydrogens is 258 g/mol. The summed E-state index contributed by atoms with van der Waals surface area (Å²) in [6.45, 7) is 15.2. The molecule has 0 spiro atoms. The van der Waals surface area contributed by atoms with E-state index in [1.165, 1.54) is 30.6 Å². The molecule has 0 radical (unpaired) electrons. The van der Waals surface area contributed by atoms with Gasteiger partial charge in [0.05, 0.1) is 13.1 Å². The molecule has 0 saturated carbocycles. The third-order valence-electron chi connectivity index (χ3n) is 4.44. The second kappa shape index (κ2) is 7.65. The van der Waals surface area contributed by atoms with E-state index >= 15 is 0 Å². The predicted octanol–water partition coefficient (Wildman–Crippen LogP) is 2.66. The average Bonchev–Trinajstić information content (AvgIpc) is 2.41. The summed E-state index contributed by atoms with van der Waals surface area (Å²) >= 11 is 0. The van der Waals surface area contributed by atoms with E-state index < -0.39 is 0 Å². The van der Waals surface area contributed by atoms with Crippen molar-refractivity contribution in [3.05, 3.63) is 42.0 Å². The Labute approximate surface area is 129 Å². The maximum absolute atomic E-state index is 6.13. The topological polar surface area (TPSA) is 13.7 Å². The van der Waals surface area contributed by atoms with Crippen molar-refractivity contribution in [2.75, 3.05) is 26.2 Å². The Hall–Kier alpha value is -1.28. The van der Waals surface area contributed by atoms with E-state index in [1.807, 2.05) is 6.08 Å². The molecule has 21 heavy (non-hydrogen) atoms. The zero-order valence-corrected chi connectivity index (χ0v) is 13.8. The lowest BCUT2D eigenvalue weighted by molar-refractivity contribution is -0.912. The Morgan fingerprint density at radius 2 is 2.00 bits per heavy atom. The van der Waals surface area contributed by atoms with Crippen LogP contribution in [0.3, 0.4) is 0 Å². The standard InChI is InChI=1S/C19H29NO/c1-5-7-18-9-6-8-17(4)19(18)21-11-10-20-13-15(2)12-16(3)14-20/h5-6,8-9,15-16H,1,7,10-14H2,2-4H3/p+1/t15-,16-/m0/s1. The molecule has 1 fully saturated rings. The van der Waals surface area contributed by atoms with Crippen molar-refractivity contribution in [2.24, 2.45) is 11.8 Å². The van der Waals surface area contributed by atoms with Gasteiger partial charge >= 0.3 is 0 Å². The number of hydrogen-bond acceptors (Lipinski definition) is 1. The summed E-state index contributed by atoms with van der Waals surface area (Å²) < 4.78 is 6.13. The van der Waals surface area contributed by atoms with Crippen LogP contribution in [0.25, 0.3) is 0 Å². The van der Waals surface area contributed by atoms with Gasteiger partial charge in [-0.2, -0.15) is 0 Å². The fraction of sp³-hybridized carbons (Fsp3) is 0.579. The number of quaternary nitrogens is 1. The van der Waals surface area contributed by atoms with Crippen LogP contribution in [-0.4, -0.2) is 26.2 Å². The van der Waals surface area contributed by atoms with Crippen LogP contribution < -0.4 is 9.64 Å². The molecule has 1 N–H and O–H groups in total. The average molecular weight is 288 g/mol. The summed E-state index contributed by atoms with van der Waals surface area (Å²) in [7, 11) is 0. The largest absolute Gasteiger partial charge is 0.487 e. The Balaban J connectivity index is 1.90. The monoisotopic (exact) mass is 288 g/mol. The van der Waals surface area contributed by atoms with E-state index in [2.05, 4.69) is 45.5 Å². The number of nitrogens with one attached hydrogen (secondary N) is 1. The van der Waals surface area contributed by atoms with E-state index in [0.717, 1.165) is 37.2 Å². The summed E-state index contributed by atoms with van der Waals surface area (Å²) in [5, 5.41) is 0. The number of benzene rings is 1. The molecule has 0 bridgehead atoms. The molecule has 0 aromatic heterocycles. The highest BCUT2D eigenvalue weighted by Gasteiger charge is 2.24. The van der Waals surface area contributed by atoms with Crippen molar-refractivity contribution >= 4 is 0 Å². The van der Waals surface area contributed by atoms with E-state index in [0.29, 0.717) is 0 Å². The third kappa shape index (κ3) is 4.60. The lowest BCUT2D eigenvalue weighted by Crippen LogP contribution is -3.14. The van der Waals surface area contributed by atoms with Crippen LogP contribution in [0.5, 0.6) is 5.75 Å². The lowest BCUT2D eigenvalue weighted by atomic mass is 9.92. The fourth-order valence-corrected chi connectivity index (χ4v) is 3.66. The highest BCUT2D eigenvalue weighted by molar-refractivity contribution is 5.41. The number of para-hydroxylation sites is 1. The van der Waals surface area contributed by atoms with Crippen molar-refractivity contribution < 1.29 is 9.64 Å². The second-order valence-corrected chi connectivity index (χ2v) is 6.76. The van der Waals surface area contributed by atoms with Gasteiger partial charge < -0.3 is 9.64 Å². The minimum absolute atomic E-state index is 0.809. The van der Waals surface area contributed by atoms with Gasteiger partial charge in [0.15, 0.2) is 0 Å². The molecular formula is C19H30NO+. The van der Waals surface area contributed by atoms with Crippen LogP contribution in [0.4, 0.5) is 0 Å². The molecule has 2 atom stereocenters. The number of aryl methyl sites for hydroxylation is 1. The zero-order chi connectivity index (χ0) is 15.2. The first-order valence-corrected chi connectivity index (χ1v) is 8.26. The first-order valence-electron chi connectivity index (χ1n) is 8.26. The van der Waals surface area contributed by atoms with Gasteiger partial charge in [-0.05, 0) is 30.9 Å². The van der Waals surface area contributed by atoms with Gasteiger partial charge in [0.1, 0.15) is 18.9 Å². The summed E-state index contributed by atoms with van der Waals surface area (Å²) in [5.41, 5.74) is 2.48. The SMILES string of the molecule is C=CCc1cccc(C)c1OCC[NH+]1C[C@@H](C)C[C@H](C)C1. The number of allylic oxidation sites excluding steroid dienone is 1. The molecule has 1 aromatic rings. The Kier molecular flexibility index (Phi) is 5.86. The first-order chi connectivity index (χ1) is 10.1. The normalized spacial score (nSPS) is 25.6. The number of piperidine rings is 1. The molecule has 1 heterocycles. The molecule has 2 rings (SSSR count). The van der Waals surface area contributed by atoms with Crippen LogP contribution in [0.15, 0.2) is 30.9 Å². The van der Waals surface area contributed by atoms with Crippen molar-refractivity contribution in [1.82, 2.24) is 0 Å². The number of rotatable bonds is 6. The lowest BCUT2D eigenvalue weighted by Gasteiger charge is -2.32. The molecule has 116 valence electrons.